The van der Waals surface area contributed by atoms with Gasteiger partial charge in [-0.1, -0.05) is 24.3 Å². The van der Waals surface area contributed by atoms with Crippen molar-refractivity contribution in [1.29, 1.82) is 0 Å². The maximum Gasteiger partial charge on any atom is 0.253 e. The average molecular weight is 378 g/mol. The first-order chi connectivity index (χ1) is 13.6. The van der Waals surface area contributed by atoms with E-state index >= 15 is 0 Å². The van der Waals surface area contributed by atoms with Gasteiger partial charge >= 0.3 is 0 Å². The second-order valence-corrected chi connectivity index (χ2v) is 6.96. The molecule has 2 atom stereocenters. The first-order valence-electron chi connectivity index (χ1n) is 9.12. The Hall–Kier alpha value is -3.26. The van der Waals surface area contributed by atoms with E-state index in [9.17, 15) is 4.79 Å². The Labute approximate surface area is 162 Å². The topological polar surface area (TPSA) is 99.2 Å². The molecule has 2 unspecified atom stereocenters. The number of rotatable bonds is 5. The van der Waals surface area contributed by atoms with E-state index in [4.69, 9.17) is 10.5 Å². The molecule has 1 aromatic heterocycles. The van der Waals surface area contributed by atoms with Crippen LogP contribution in [0.2, 0.25) is 0 Å². The summed E-state index contributed by atoms with van der Waals surface area (Å²) in [6, 6.07) is 15.3. The summed E-state index contributed by atoms with van der Waals surface area (Å²) in [5.74, 6) is 0.889. The van der Waals surface area contributed by atoms with E-state index < -0.39 is 0 Å². The summed E-state index contributed by atoms with van der Waals surface area (Å²) in [4.78, 5) is 14.8. The molecule has 1 amide bonds. The van der Waals surface area contributed by atoms with Crippen molar-refractivity contribution in [2.24, 2.45) is 5.73 Å². The van der Waals surface area contributed by atoms with Gasteiger partial charge in [0, 0.05) is 30.6 Å². The van der Waals surface area contributed by atoms with Crippen molar-refractivity contribution < 1.29 is 9.53 Å². The van der Waals surface area contributed by atoms with Crippen LogP contribution in [-0.4, -0.2) is 57.3 Å². The van der Waals surface area contributed by atoms with Crippen molar-refractivity contribution >= 4 is 5.91 Å². The zero-order valence-corrected chi connectivity index (χ0v) is 15.6. The number of carbonyl (C=O) groups excluding carboxylic acids is 1. The maximum atomic E-state index is 12.9. The Bertz CT molecular complexity index is 942. The predicted octanol–water partition coefficient (Wildman–Crippen LogP) is 1.30. The second kappa shape index (κ2) is 7.77. The standard InChI is InChI=1S/C20H22N6O2/c1-28-17-4-2-3-16(9-17)18-11-25(12-19(18)21)20(27)15-7-5-14(6-8-15)10-26-13-22-23-24-26/h2-9,13,18-19H,10-12,21H2,1H3. The zero-order chi connectivity index (χ0) is 19.5. The van der Waals surface area contributed by atoms with Gasteiger partial charge in [-0.25, -0.2) is 4.68 Å². The molecule has 0 bridgehead atoms. The SMILES string of the molecule is COc1cccc(C2CN(C(=O)c3ccc(Cn4cnnn4)cc3)CC2N)c1. The molecule has 2 heterocycles. The van der Waals surface area contributed by atoms with Gasteiger partial charge in [-0.15, -0.1) is 5.10 Å². The summed E-state index contributed by atoms with van der Waals surface area (Å²) in [5.41, 5.74) is 9.12. The molecule has 1 aliphatic rings. The van der Waals surface area contributed by atoms with Crippen molar-refractivity contribution in [2.45, 2.75) is 18.5 Å². The van der Waals surface area contributed by atoms with Crippen LogP contribution in [0.25, 0.3) is 0 Å². The first kappa shape index (κ1) is 18.1. The molecule has 2 N–H and O–H groups in total. The molecule has 28 heavy (non-hydrogen) atoms. The number of nitrogens with zero attached hydrogens (tertiary/aromatic N) is 5. The Kier molecular flexibility index (Phi) is 5.03. The highest BCUT2D eigenvalue weighted by atomic mass is 16.5. The highest BCUT2D eigenvalue weighted by Gasteiger charge is 2.34. The van der Waals surface area contributed by atoms with E-state index in [1.165, 1.54) is 0 Å². The number of tetrazole rings is 1. The van der Waals surface area contributed by atoms with Crippen molar-refractivity contribution in [3.63, 3.8) is 0 Å². The summed E-state index contributed by atoms with van der Waals surface area (Å²) in [5, 5.41) is 11.1. The molecular weight excluding hydrogens is 356 g/mol. The molecule has 144 valence electrons. The van der Waals surface area contributed by atoms with Gasteiger partial charge < -0.3 is 15.4 Å². The van der Waals surface area contributed by atoms with Crippen LogP contribution in [0.5, 0.6) is 5.75 Å². The number of benzene rings is 2. The van der Waals surface area contributed by atoms with Gasteiger partial charge in [0.25, 0.3) is 5.91 Å². The van der Waals surface area contributed by atoms with Crippen LogP contribution < -0.4 is 10.5 Å². The van der Waals surface area contributed by atoms with Gasteiger partial charge in [0.1, 0.15) is 12.1 Å². The van der Waals surface area contributed by atoms with Gasteiger partial charge in [-0.2, -0.15) is 0 Å². The smallest absolute Gasteiger partial charge is 0.253 e. The second-order valence-electron chi connectivity index (χ2n) is 6.96. The minimum Gasteiger partial charge on any atom is -0.497 e. The Morgan fingerprint density at radius 2 is 2.04 bits per heavy atom. The lowest BCUT2D eigenvalue weighted by Crippen LogP contribution is -2.32. The van der Waals surface area contributed by atoms with Crippen LogP contribution in [0.15, 0.2) is 54.9 Å². The molecule has 0 aliphatic carbocycles. The lowest BCUT2D eigenvalue weighted by Gasteiger charge is -2.17. The lowest BCUT2D eigenvalue weighted by molar-refractivity contribution is 0.0789. The molecular formula is C20H22N6O2. The van der Waals surface area contributed by atoms with E-state index in [0.29, 0.717) is 25.2 Å². The number of nitrogens with two attached hydrogens (primary N) is 1. The fourth-order valence-electron chi connectivity index (χ4n) is 3.59. The molecule has 2 aromatic carbocycles. The normalized spacial score (nSPS) is 19.0. The summed E-state index contributed by atoms with van der Waals surface area (Å²) < 4.78 is 6.94. The number of methoxy groups -OCH3 is 1. The summed E-state index contributed by atoms with van der Waals surface area (Å²) in [6.45, 7) is 1.70. The van der Waals surface area contributed by atoms with Crippen LogP contribution in [0, 0.1) is 0 Å². The molecule has 1 aliphatic heterocycles. The van der Waals surface area contributed by atoms with Gasteiger partial charge in [0.2, 0.25) is 0 Å². The minimum absolute atomic E-state index is 0.00480. The number of hydrogen-bond donors (Lipinski definition) is 1. The molecule has 3 aromatic rings. The fourth-order valence-corrected chi connectivity index (χ4v) is 3.59. The monoisotopic (exact) mass is 378 g/mol. The van der Waals surface area contributed by atoms with Crippen LogP contribution in [0.4, 0.5) is 0 Å². The predicted molar refractivity (Wildman–Crippen MR) is 103 cm³/mol. The molecule has 0 saturated carbocycles. The molecule has 4 rings (SSSR count). The van der Waals surface area contributed by atoms with Crippen molar-refractivity contribution in [3.8, 4) is 5.75 Å². The van der Waals surface area contributed by atoms with E-state index in [0.717, 1.165) is 16.9 Å². The third-order valence-corrected chi connectivity index (χ3v) is 5.11. The Morgan fingerprint density at radius 1 is 1.21 bits per heavy atom. The largest absolute Gasteiger partial charge is 0.497 e. The highest BCUT2D eigenvalue weighted by Crippen LogP contribution is 2.29. The van der Waals surface area contributed by atoms with Crippen LogP contribution >= 0.6 is 0 Å². The third-order valence-electron chi connectivity index (χ3n) is 5.11. The first-order valence-corrected chi connectivity index (χ1v) is 9.12. The third kappa shape index (κ3) is 3.72. The Morgan fingerprint density at radius 3 is 2.75 bits per heavy atom. The van der Waals surface area contributed by atoms with Gasteiger partial charge in [-0.05, 0) is 45.8 Å². The minimum atomic E-state index is -0.102. The molecule has 8 nitrogen and oxygen atoms in total. The van der Waals surface area contributed by atoms with Crippen molar-refractivity contribution in [1.82, 2.24) is 25.1 Å². The Balaban J connectivity index is 1.45. The van der Waals surface area contributed by atoms with Gasteiger partial charge in [-0.3, -0.25) is 4.79 Å². The van der Waals surface area contributed by atoms with Crippen LogP contribution in [0.1, 0.15) is 27.4 Å². The van der Waals surface area contributed by atoms with Gasteiger partial charge in [0.05, 0.1) is 13.7 Å². The zero-order valence-electron chi connectivity index (χ0n) is 15.6. The molecule has 8 heteroatoms. The number of aromatic nitrogens is 4. The summed E-state index contributed by atoms with van der Waals surface area (Å²) in [6.07, 6.45) is 1.56. The number of carbonyl (C=O) groups is 1. The van der Waals surface area contributed by atoms with Crippen molar-refractivity contribution in [2.75, 3.05) is 20.2 Å². The van der Waals surface area contributed by atoms with E-state index in [2.05, 4.69) is 15.5 Å². The lowest BCUT2D eigenvalue weighted by atomic mass is 9.95. The summed E-state index contributed by atoms with van der Waals surface area (Å²) >= 11 is 0. The molecule has 1 saturated heterocycles. The van der Waals surface area contributed by atoms with E-state index in [1.807, 2.05) is 53.4 Å². The van der Waals surface area contributed by atoms with E-state index in [1.54, 1.807) is 18.1 Å². The number of hydrogen-bond acceptors (Lipinski definition) is 6. The van der Waals surface area contributed by atoms with Crippen LogP contribution in [-0.2, 0) is 6.54 Å². The van der Waals surface area contributed by atoms with E-state index in [-0.39, 0.29) is 17.9 Å². The number of likely N-dealkylation sites (tertiary alicyclic amines) is 1. The molecule has 0 radical (unpaired) electrons. The quantitative estimate of drug-likeness (QED) is 0.718. The van der Waals surface area contributed by atoms with Gasteiger partial charge in [0.15, 0.2) is 0 Å². The number of ether oxygens (including phenoxy) is 1. The maximum absolute atomic E-state index is 12.9. The summed E-state index contributed by atoms with van der Waals surface area (Å²) in [7, 11) is 1.65. The van der Waals surface area contributed by atoms with Crippen molar-refractivity contribution in [3.05, 3.63) is 71.5 Å². The average Bonchev–Trinajstić information content (AvgIpc) is 3.37. The fraction of sp³-hybridized carbons (Fsp3) is 0.300. The number of amides is 1. The highest BCUT2D eigenvalue weighted by molar-refractivity contribution is 5.94. The molecule has 1 fully saturated rings. The molecule has 0 spiro atoms. The van der Waals surface area contributed by atoms with Crippen LogP contribution in [0.3, 0.4) is 0 Å².